The first kappa shape index (κ1) is 13.5. The van der Waals surface area contributed by atoms with Crippen LogP contribution < -0.4 is 10.6 Å². The Morgan fingerprint density at radius 3 is 2.06 bits per heavy atom. The van der Waals surface area contributed by atoms with Crippen LogP contribution in [0.1, 0.15) is 47.5 Å². The van der Waals surface area contributed by atoms with Crippen molar-refractivity contribution < 1.29 is 9.90 Å². The Morgan fingerprint density at radius 1 is 1.25 bits per heavy atom. The molecule has 0 bridgehead atoms. The highest BCUT2D eigenvalue weighted by Crippen LogP contribution is 2.35. The summed E-state index contributed by atoms with van der Waals surface area (Å²) < 4.78 is 0. The summed E-state index contributed by atoms with van der Waals surface area (Å²) in [6, 6.07) is 0. The summed E-state index contributed by atoms with van der Waals surface area (Å²) >= 11 is 0. The van der Waals surface area contributed by atoms with Crippen LogP contribution in [0.15, 0.2) is 0 Å². The third-order valence-corrected chi connectivity index (χ3v) is 2.91. The molecular weight excluding hydrogens is 204 g/mol. The molecule has 0 aromatic rings. The van der Waals surface area contributed by atoms with Crippen molar-refractivity contribution in [2.75, 3.05) is 6.54 Å². The molecule has 0 aromatic carbocycles. The Kier molecular flexibility index (Phi) is 3.37. The van der Waals surface area contributed by atoms with E-state index in [1.54, 1.807) is 0 Å². The molecule has 0 aliphatic carbocycles. The molecule has 0 radical (unpaired) electrons. The van der Waals surface area contributed by atoms with Crippen LogP contribution in [-0.4, -0.2) is 34.2 Å². The lowest BCUT2D eigenvalue weighted by Gasteiger charge is -2.49. The Labute approximate surface area is 97.8 Å². The van der Waals surface area contributed by atoms with Crippen LogP contribution in [0.25, 0.3) is 0 Å². The lowest BCUT2D eigenvalue weighted by molar-refractivity contribution is -0.149. The van der Waals surface area contributed by atoms with Crippen molar-refractivity contribution in [3.63, 3.8) is 0 Å². The molecule has 0 spiro atoms. The van der Waals surface area contributed by atoms with Crippen molar-refractivity contribution in [3.05, 3.63) is 0 Å². The first-order valence-corrected chi connectivity index (χ1v) is 5.90. The van der Waals surface area contributed by atoms with Gasteiger partial charge in [-0.1, -0.05) is 0 Å². The second-order valence-corrected chi connectivity index (χ2v) is 6.14. The number of likely N-dealkylation sites (N-methyl/N-ethyl adjacent to an activating group) is 1. The summed E-state index contributed by atoms with van der Waals surface area (Å²) in [5, 5.41) is 16.6. The van der Waals surface area contributed by atoms with E-state index in [2.05, 4.69) is 10.6 Å². The fourth-order valence-electron chi connectivity index (χ4n) is 3.01. The maximum Gasteiger partial charge on any atom is 0.252 e. The maximum atomic E-state index is 11.9. The van der Waals surface area contributed by atoms with Gasteiger partial charge in [-0.15, -0.1) is 0 Å². The number of carbonyl (C=O) groups is 1. The molecule has 4 heteroatoms. The molecule has 1 saturated heterocycles. The number of rotatable bonds is 2. The Bertz CT molecular complexity index is 269. The molecule has 3 N–H and O–H groups in total. The topological polar surface area (TPSA) is 61.4 Å². The molecule has 1 amide bonds. The molecular formula is C12H24N2O2. The molecule has 0 saturated carbocycles. The zero-order valence-electron chi connectivity index (χ0n) is 11.0. The van der Waals surface area contributed by atoms with Crippen LogP contribution in [0.5, 0.6) is 0 Å². The van der Waals surface area contributed by atoms with Gasteiger partial charge in [0, 0.05) is 30.5 Å². The fraction of sp³-hybridized carbons (Fsp3) is 0.917. The van der Waals surface area contributed by atoms with Crippen LogP contribution in [0.2, 0.25) is 0 Å². The van der Waals surface area contributed by atoms with Gasteiger partial charge in [0.1, 0.15) is 5.60 Å². The van der Waals surface area contributed by atoms with Crippen molar-refractivity contribution in [2.45, 2.75) is 64.1 Å². The van der Waals surface area contributed by atoms with Crippen LogP contribution in [0.3, 0.4) is 0 Å². The minimum Gasteiger partial charge on any atom is -0.380 e. The highest BCUT2D eigenvalue weighted by atomic mass is 16.3. The van der Waals surface area contributed by atoms with E-state index in [-0.39, 0.29) is 17.0 Å². The first-order chi connectivity index (χ1) is 7.10. The molecule has 16 heavy (non-hydrogen) atoms. The van der Waals surface area contributed by atoms with Crippen molar-refractivity contribution in [2.24, 2.45) is 0 Å². The van der Waals surface area contributed by atoms with E-state index in [0.29, 0.717) is 19.4 Å². The lowest BCUT2D eigenvalue weighted by atomic mass is 9.72. The van der Waals surface area contributed by atoms with Crippen molar-refractivity contribution in [1.29, 1.82) is 0 Å². The van der Waals surface area contributed by atoms with Crippen LogP contribution in [0.4, 0.5) is 0 Å². The van der Waals surface area contributed by atoms with E-state index < -0.39 is 5.60 Å². The Morgan fingerprint density at radius 2 is 1.69 bits per heavy atom. The zero-order valence-corrected chi connectivity index (χ0v) is 11.0. The van der Waals surface area contributed by atoms with Gasteiger partial charge in [0.05, 0.1) is 0 Å². The summed E-state index contributed by atoms with van der Waals surface area (Å²) in [6.45, 7) is 10.5. The molecule has 0 unspecified atom stereocenters. The number of hydrogen-bond acceptors (Lipinski definition) is 3. The lowest BCUT2D eigenvalue weighted by Crippen LogP contribution is -2.67. The quantitative estimate of drug-likeness (QED) is 0.655. The van der Waals surface area contributed by atoms with Gasteiger partial charge in [-0.05, 0) is 34.6 Å². The van der Waals surface area contributed by atoms with Gasteiger partial charge < -0.3 is 15.7 Å². The van der Waals surface area contributed by atoms with Crippen LogP contribution in [0, 0.1) is 0 Å². The number of amides is 1. The van der Waals surface area contributed by atoms with Gasteiger partial charge in [-0.25, -0.2) is 0 Å². The average Bonchev–Trinajstić information content (AvgIpc) is 1.97. The minimum atomic E-state index is -1.26. The highest BCUT2D eigenvalue weighted by Gasteiger charge is 2.50. The van der Waals surface area contributed by atoms with Crippen molar-refractivity contribution >= 4 is 5.91 Å². The monoisotopic (exact) mass is 228 g/mol. The van der Waals surface area contributed by atoms with Crippen molar-refractivity contribution in [1.82, 2.24) is 10.6 Å². The minimum absolute atomic E-state index is 0.235. The summed E-state index contributed by atoms with van der Waals surface area (Å²) in [6.07, 6.45) is 0.879. The smallest absolute Gasteiger partial charge is 0.252 e. The normalized spacial score (nSPS) is 26.1. The van der Waals surface area contributed by atoms with Gasteiger partial charge in [-0.2, -0.15) is 0 Å². The predicted octanol–water partition coefficient (Wildman–Crippen LogP) is 0.794. The van der Waals surface area contributed by atoms with Gasteiger partial charge in [-0.3, -0.25) is 4.79 Å². The fourth-order valence-corrected chi connectivity index (χ4v) is 3.01. The number of piperidine rings is 1. The number of carbonyl (C=O) groups excluding carboxylic acids is 1. The van der Waals surface area contributed by atoms with Crippen LogP contribution >= 0.6 is 0 Å². The van der Waals surface area contributed by atoms with Crippen molar-refractivity contribution in [3.8, 4) is 0 Å². The second-order valence-electron chi connectivity index (χ2n) is 6.14. The van der Waals surface area contributed by atoms with E-state index in [1.807, 2.05) is 34.6 Å². The van der Waals surface area contributed by atoms with Gasteiger partial charge in [0.2, 0.25) is 0 Å². The predicted molar refractivity (Wildman–Crippen MR) is 64.2 cm³/mol. The second kappa shape index (κ2) is 4.00. The van der Waals surface area contributed by atoms with E-state index in [0.717, 1.165) is 0 Å². The molecule has 1 heterocycles. The third-order valence-electron chi connectivity index (χ3n) is 2.91. The zero-order chi connectivity index (χ0) is 12.6. The SMILES string of the molecule is CCNC(=O)C1(O)CC(C)(C)NC(C)(C)C1. The molecule has 1 fully saturated rings. The third kappa shape index (κ3) is 2.95. The van der Waals surface area contributed by atoms with Gasteiger partial charge in [0.25, 0.3) is 5.91 Å². The Hall–Kier alpha value is -0.610. The maximum absolute atomic E-state index is 11.9. The van der Waals surface area contributed by atoms with Crippen LogP contribution in [-0.2, 0) is 4.79 Å². The molecule has 0 atom stereocenters. The molecule has 1 rings (SSSR count). The number of aliphatic hydroxyl groups is 1. The molecule has 1 aliphatic heterocycles. The standard InChI is InChI=1S/C12H24N2O2/c1-6-13-9(15)12(16)7-10(2,3)14-11(4,5)8-12/h14,16H,6-8H2,1-5H3,(H,13,15). The molecule has 4 nitrogen and oxygen atoms in total. The van der Waals surface area contributed by atoms with Gasteiger partial charge in [0.15, 0.2) is 0 Å². The van der Waals surface area contributed by atoms with E-state index in [4.69, 9.17) is 0 Å². The molecule has 0 aromatic heterocycles. The largest absolute Gasteiger partial charge is 0.380 e. The van der Waals surface area contributed by atoms with E-state index >= 15 is 0 Å². The molecule has 94 valence electrons. The number of hydrogen-bond donors (Lipinski definition) is 3. The average molecular weight is 228 g/mol. The summed E-state index contributed by atoms with van der Waals surface area (Å²) in [4.78, 5) is 11.9. The highest BCUT2D eigenvalue weighted by molar-refractivity contribution is 5.85. The van der Waals surface area contributed by atoms with E-state index in [1.165, 1.54) is 0 Å². The van der Waals surface area contributed by atoms with E-state index in [9.17, 15) is 9.90 Å². The summed E-state index contributed by atoms with van der Waals surface area (Å²) in [5.74, 6) is -0.252. The number of nitrogens with one attached hydrogen (secondary N) is 2. The molecule has 1 aliphatic rings. The first-order valence-electron chi connectivity index (χ1n) is 5.90. The Balaban J connectivity index is 2.91. The summed E-state index contributed by atoms with van der Waals surface area (Å²) in [5.41, 5.74) is -1.72. The summed E-state index contributed by atoms with van der Waals surface area (Å²) in [7, 11) is 0. The van der Waals surface area contributed by atoms with Gasteiger partial charge >= 0.3 is 0 Å².